The maximum atomic E-state index is 12.3. The van der Waals surface area contributed by atoms with Gasteiger partial charge in [0.2, 0.25) is 0 Å². The predicted octanol–water partition coefficient (Wildman–Crippen LogP) is 4.22. The first kappa shape index (κ1) is 16.1. The fraction of sp³-hybridized carbons (Fsp3) is 0.143. The molecule has 0 aliphatic carbocycles. The summed E-state index contributed by atoms with van der Waals surface area (Å²) in [6.45, 7) is 3.12. The highest BCUT2D eigenvalue weighted by Crippen LogP contribution is 2.32. The summed E-state index contributed by atoms with van der Waals surface area (Å²) >= 11 is 15.6. The maximum absolute atomic E-state index is 12.3. The van der Waals surface area contributed by atoms with Gasteiger partial charge in [-0.25, -0.2) is 4.79 Å². The van der Waals surface area contributed by atoms with Gasteiger partial charge < -0.3 is 5.11 Å². The van der Waals surface area contributed by atoms with Crippen LogP contribution in [0.4, 0.5) is 0 Å². The van der Waals surface area contributed by atoms with Crippen LogP contribution in [0, 0.1) is 13.8 Å². The molecular formula is C14H10BrCl2NO3. The molecule has 21 heavy (non-hydrogen) atoms. The molecule has 0 bridgehead atoms. The second-order valence-electron chi connectivity index (χ2n) is 4.48. The van der Waals surface area contributed by atoms with Gasteiger partial charge in [0.25, 0.3) is 5.56 Å². The van der Waals surface area contributed by atoms with Crippen molar-refractivity contribution >= 4 is 45.1 Å². The van der Waals surface area contributed by atoms with Gasteiger partial charge in [-0.1, -0.05) is 39.1 Å². The molecule has 0 fully saturated rings. The van der Waals surface area contributed by atoms with Crippen molar-refractivity contribution in [3.63, 3.8) is 0 Å². The summed E-state index contributed by atoms with van der Waals surface area (Å²) in [6.07, 6.45) is 0. The Balaban J connectivity index is 2.92. The van der Waals surface area contributed by atoms with Gasteiger partial charge in [-0.05, 0) is 31.5 Å². The zero-order valence-corrected chi connectivity index (χ0v) is 14.2. The molecule has 2 rings (SSSR count). The number of hydrogen-bond donors (Lipinski definition) is 1. The van der Waals surface area contributed by atoms with Crippen LogP contribution in [0.15, 0.2) is 27.5 Å². The van der Waals surface area contributed by atoms with E-state index in [0.717, 1.165) is 0 Å². The SMILES string of the molecule is Cc1cc(=O)n(-c2c(Cl)cc(Br)cc2Cl)c(C)c1C(=O)O. The number of carbonyl (C=O) groups is 1. The molecule has 0 aliphatic rings. The Morgan fingerprint density at radius 1 is 1.19 bits per heavy atom. The van der Waals surface area contributed by atoms with E-state index in [-0.39, 0.29) is 32.5 Å². The molecule has 7 heteroatoms. The molecule has 0 aliphatic heterocycles. The van der Waals surface area contributed by atoms with Crippen molar-refractivity contribution in [1.82, 2.24) is 4.57 Å². The predicted molar refractivity (Wildman–Crippen MR) is 86.2 cm³/mol. The minimum Gasteiger partial charge on any atom is -0.478 e. The average molecular weight is 391 g/mol. The largest absolute Gasteiger partial charge is 0.478 e. The molecule has 0 saturated carbocycles. The van der Waals surface area contributed by atoms with Gasteiger partial charge in [0.15, 0.2) is 0 Å². The van der Waals surface area contributed by atoms with E-state index in [1.54, 1.807) is 26.0 Å². The molecule has 0 unspecified atom stereocenters. The van der Waals surface area contributed by atoms with Crippen LogP contribution in [0.25, 0.3) is 5.69 Å². The third-order valence-electron chi connectivity index (χ3n) is 3.07. The van der Waals surface area contributed by atoms with Crippen molar-refractivity contribution in [2.24, 2.45) is 0 Å². The lowest BCUT2D eigenvalue weighted by molar-refractivity contribution is 0.0694. The number of halogens is 3. The Hall–Kier alpha value is -1.30. The van der Waals surface area contributed by atoms with Crippen LogP contribution >= 0.6 is 39.1 Å². The molecule has 4 nitrogen and oxygen atoms in total. The van der Waals surface area contributed by atoms with Gasteiger partial charge in [-0.15, -0.1) is 0 Å². The van der Waals surface area contributed by atoms with Gasteiger partial charge in [0.1, 0.15) is 0 Å². The highest BCUT2D eigenvalue weighted by atomic mass is 79.9. The standard InChI is InChI=1S/C14H10BrCl2NO3/c1-6-3-11(19)18(7(2)12(6)14(20)21)13-9(16)4-8(15)5-10(13)17/h3-5H,1-2H3,(H,20,21). The summed E-state index contributed by atoms with van der Waals surface area (Å²) in [5.74, 6) is -1.11. The topological polar surface area (TPSA) is 59.3 Å². The Morgan fingerprint density at radius 3 is 2.19 bits per heavy atom. The van der Waals surface area contributed by atoms with Crippen molar-refractivity contribution in [3.05, 3.63) is 59.9 Å². The number of carboxylic acid groups (broad SMARTS) is 1. The summed E-state index contributed by atoms with van der Waals surface area (Å²) in [7, 11) is 0. The lowest BCUT2D eigenvalue weighted by atomic mass is 10.1. The first-order chi connectivity index (χ1) is 9.73. The Morgan fingerprint density at radius 2 is 1.71 bits per heavy atom. The van der Waals surface area contributed by atoms with Crippen molar-refractivity contribution in [1.29, 1.82) is 0 Å². The molecular weight excluding hydrogens is 381 g/mol. The Bertz CT molecular complexity index is 792. The van der Waals surface area contributed by atoms with E-state index >= 15 is 0 Å². The van der Waals surface area contributed by atoms with Crippen molar-refractivity contribution < 1.29 is 9.90 Å². The van der Waals surface area contributed by atoms with E-state index in [1.807, 2.05) is 0 Å². The van der Waals surface area contributed by atoms with Gasteiger partial charge in [-0.3, -0.25) is 9.36 Å². The number of hydrogen-bond acceptors (Lipinski definition) is 2. The van der Waals surface area contributed by atoms with E-state index in [4.69, 9.17) is 23.2 Å². The van der Waals surface area contributed by atoms with Crippen LogP contribution in [0.5, 0.6) is 0 Å². The van der Waals surface area contributed by atoms with Crippen LogP contribution in [0.1, 0.15) is 21.6 Å². The monoisotopic (exact) mass is 389 g/mol. The van der Waals surface area contributed by atoms with E-state index in [9.17, 15) is 14.7 Å². The van der Waals surface area contributed by atoms with Gasteiger partial charge in [-0.2, -0.15) is 0 Å². The fourth-order valence-corrected chi connectivity index (χ4v) is 3.61. The summed E-state index contributed by atoms with van der Waals surface area (Å²) in [6, 6.07) is 4.44. The van der Waals surface area contributed by atoms with Gasteiger partial charge in [0.05, 0.1) is 21.3 Å². The summed E-state index contributed by atoms with van der Waals surface area (Å²) in [5, 5.41) is 9.80. The van der Waals surface area contributed by atoms with E-state index in [0.29, 0.717) is 10.0 Å². The average Bonchev–Trinajstić information content (AvgIpc) is 2.30. The Labute approximate surface area is 139 Å². The molecule has 1 aromatic carbocycles. The second-order valence-corrected chi connectivity index (χ2v) is 6.21. The van der Waals surface area contributed by atoms with E-state index in [2.05, 4.69) is 15.9 Å². The number of carboxylic acids is 1. The number of pyridine rings is 1. The van der Waals surface area contributed by atoms with Crippen LogP contribution in [0.3, 0.4) is 0 Å². The molecule has 0 atom stereocenters. The molecule has 1 heterocycles. The van der Waals surface area contributed by atoms with Gasteiger partial charge >= 0.3 is 5.97 Å². The normalized spacial score (nSPS) is 10.7. The van der Waals surface area contributed by atoms with Gasteiger partial charge in [0, 0.05) is 16.2 Å². The molecule has 1 aromatic heterocycles. The minimum absolute atomic E-state index is 0.0599. The summed E-state index contributed by atoms with van der Waals surface area (Å²) in [5.41, 5.74) is 0.613. The summed E-state index contributed by atoms with van der Waals surface area (Å²) in [4.78, 5) is 23.6. The third kappa shape index (κ3) is 2.86. The van der Waals surface area contributed by atoms with E-state index < -0.39 is 5.97 Å². The van der Waals surface area contributed by atoms with Crippen molar-refractivity contribution in [2.45, 2.75) is 13.8 Å². The molecule has 0 radical (unpaired) electrons. The molecule has 0 amide bonds. The van der Waals surface area contributed by atoms with Crippen LogP contribution in [0.2, 0.25) is 10.0 Å². The smallest absolute Gasteiger partial charge is 0.337 e. The molecule has 0 saturated heterocycles. The zero-order valence-electron chi connectivity index (χ0n) is 11.1. The highest BCUT2D eigenvalue weighted by Gasteiger charge is 2.20. The molecule has 2 aromatic rings. The molecule has 110 valence electrons. The second kappa shape index (κ2) is 5.83. The van der Waals surface area contributed by atoms with Crippen LogP contribution in [-0.2, 0) is 0 Å². The van der Waals surface area contributed by atoms with E-state index in [1.165, 1.54) is 10.6 Å². The maximum Gasteiger partial charge on any atom is 0.337 e. The zero-order chi connectivity index (χ0) is 15.9. The molecule has 1 N–H and O–H groups in total. The number of aromatic nitrogens is 1. The van der Waals surface area contributed by atoms with Crippen molar-refractivity contribution in [3.8, 4) is 5.69 Å². The molecule has 0 spiro atoms. The number of nitrogens with zero attached hydrogens (tertiary/aromatic N) is 1. The fourth-order valence-electron chi connectivity index (χ4n) is 2.23. The number of rotatable bonds is 2. The third-order valence-corrected chi connectivity index (χ3v) is 4.11. The lowest BCUT2D eigenvalue weighted by Gasteiger charge is -2.16. The minimum atomic E-state index is -1.11. The lowest BCUT2D eigenvalue weighted by Crippen LogP contribution is -2.24. The van der Waals surface area contributed by atoms with Crippen LogP contribution < -0.4 is 5.56 Å². The number of aromatic carboxylic acids is 1. The van der Waals surface area contributed by atoms with Crippen LogP contribution in [-0.4, -0.2) is 15.6 Å². The number of benzene rings is 1. The first-order valence-corrected chi connectivity index (χ1v) is 7.40. The van der Waals surface area contributed by atoms with Crippen molar-refractivity contribution in [2.75, 3.05) is 0 Å². The highest BCUT2D eigenvalue weighted by molar-refractivity contribution is 9.10. The number of aryl methyl sites for hydroxylation is 1. The first-order valence-electron chi connectivity index (χ1n) is 5.85. The quantitative estimate of drug-likeness (QED) is 0.834. The Kier molecular flexibility index (Phi) is 4.46. The summed E-state index contributed by atoms with van der Waals surface area (Å²) < 4.78 is 1.88.